The van der Waals surface area contributed by atoms with Gasteiger partial charge < -0.3 is 15.1 Å². The highest BCUT2D eigenvalue weighted by molar-refractivity contribution is 7.22. The first-order valence-electron chi connectivity index (χ1n) is 8.95. The van der Waals surface area contributed by atoms with Crippen molar-refractivity contribution in [2.45, 2.75) is 12.5 Å². The van der Waals surface area contributed by atoms with Gasteiger partial charge in [-0.25, -0.2) is 4.98 Å². The van der Waals surface area contributed by atoms with Crippen LogP contribution in [0.15, 0.2) is 65.3 Å². The Morgan fingerprint density at radius 3 is 2.60 bits per heavy atom. The number of benzene rings is 2. The highest BCUT2D eigenvalue weighted by Gasteiger charge is 2.24. The quantitative estimate of drug-likeness (QED) is 0.416. The highest BCUT2D eigenvalue weighted by Crippen LogP contribution is 2.35. The molecule has 0 radical (unpaired) electrons. The average molecular weight is 460 g/mol. The molecule has 0 saturated heterocycles. The van der Waals surface area contributed by atoms with E-state index in [1.54, 1.807) is 18.2 Å². The fraction of sp³-hybridized carbons (Fsp3) is 0.0952. The van der Waals surface area contributed by atoms with Crippen LogP contribution >= 0.6 is 34.5 Å². The molecular formula is C21H15Cl2N3O3S. The Kier molecular flexibility index (Phi) is 6.03. The number of rotatable bonds is 6. The molecule has 1 atom stereocenters. The minimum absolute atomic E-state index is 0.127. The largest absolute Gasteiger partial charge is 0.459 e. The number of nitrogens with zero attached hydrogens (tertiary/aromatic N) is 1. The molecule has 152 valence electrons. The second-order valence-electron chi connectivity index (χ2n) is 6.41. The summed E-state index contributed by atoms with van der Waals surface area (Å²) in [4.78, 5) is 29.8. The van der Waals surface area contributed by atoms with Crippen LogP contribution in [0.3, 0.4) is 0 Å². The molecule has 4 rings (SSSR count). The third-order valence-corrected chi connectivity index (χ3v) is 6.06. The Labute approximate surface area is 185 Å². The molecule has 0 aliphatic rings. The van der Waals surface area contributed by atoms with Crippen molar-refractivity contribution in [2.24, 2.45) is 0 Å². The Morgan fingerprint density at radius 1 is 1.07 bits per heavy atom. The van der Waals surface area contributed by atoms with Crippen molar-refractivity contribution in [3.8, 4) is 0 Å². The van der Waals surface area contributed by atoms with Crippen molar-refractivity contribution < 1.29 is 14.0 Å². The van der Waals surface area contributed by atoms with E-state index in [1.807, 2.05) is 30.3 Å². The molecule has 2 amide bonds. The number of hydrogen-bond acceptors (Lipinski definition) is 5. The maximum absolute atomic E-state index is 13.0. The van der Waals surface area contributed by atoms with Gasteiger partial charge in [-0.15, -0.1) is 0 Å². The molecule has 0 spiro atoms. The van der Waals surface area contributed by atoms with Gasteiger partial charge in [-0.2, -0.15) is 0 Å². The smallest absolute Gasteiger partial charge is 0.287 e. The maximum Gasteiger partial charge on any atom is 0.287 e. The minimum atomic E-state index is -0.837. The van der Waals surface area contributed by atoms with Crippen LogP contribution in [0.1, 0.15) is 16.1 Å². The Hall–Kier alpha value is -2.87. The molecule has 9 heteroatoms. The van der Waals surface area contributed by atoms with Gasteiger partial charge in [-0.3, -0.25) is 9.59 Å². The molecule has 0 aliphatic carbocycles. The van der Waals surface area contributed by atoms with E-state index in [-0.39, 0.29) is 5.76 Å². The maximum atomic E-state index is 13.0. The normalized spacial score (nSPS) is 11.9. The monoisotopic (exact) mass is 459 g/mol. The Morgan fingerprint density at radius 2 is 1.87 bits per heavy atom. The van der Waals surface area contributed by atoms with Crippen LogP contribution in [0.2, 0.25) is 10.0 Å². The van der Waals surface area contributed by atoms with Gasteiger partial charge in [0.25, 0.3) is 5.91 Å². The molecule has 0 bridgehead atoms. The molecular weight excluding hydrogens is 445 g/mol. The highest BCUT2D eigenvalue weighted by atomic mass is 35.5. The fourth-order valence-electron chi connectivity index (χ4n) is 2.88. The number of anilines is 1. The van der Waals surface area contributed by atoms with Crippen LogP contribution in [-0.4, -0.2) is 22.8 Å². The molecule has 2 aromatic carbocycles. The topological polar surface area (TPSA) is 84.2 Å². The summed E-state index contributed by atoms with van der Waals surface area (Å²) in [6, 6.07) is 15.2. The van der Waals surface area contributed by atoms with E-state index in [2.05, 4.69) is 15.6 Å². The lowest BCUT2D eigenvalue weighted by Gasteiger charge is -2.17. The molecule has 0 fully saturated rings. The van der Waals surface area contributed by atoms with Crippen molar-refractivity contribution in [3.05, 3.63) is 82.2 Å². The van der Waals surface area contributed by atoms with Gasteiger partial charge in [0.1, 0.15) is 11.6 Å². The van der Waals surface area contributed by atoms with E-state index < -0.39 is 17.9 Å². The van der Waals surface area contributed by atoms with Gasteiger partial charge in [-0.05, 0) is 29.8 Å². The number of nitrogens with one attached hydrogen (secondary N) is 2. The number of carbonyl (C=O) groups excluding carboxylic acids is 2. The summed E-state index contributed by atoms with van der Waals surface area (Å²) >= 11 is 13.5. The zero-order valence-electron chi connectivity index (χ0n) is 15.4. The number of furan rings is 1. The lowest BCUT2D eigenvalue weighted by Crippen LogP contribution is -2.45. The van der Waals surface area contributed by atoms with Crippen molar-refractivity contribution in [1.82, 2.24) is 10.3 Å². The van der Waals surface area contributed by atoms with Gasteiger partial charge in [0.2, 0.25) is 5.91 Å². The molecule has 0 aliphatic heterocycles. The van der Waals surface area contributed by atoms with E-state index >= 15 is 0 Å². The van der Waals surface area contributed by atoms with Crippen molar-refractivity contribution in [2.75, 3.05) is 5.32 Å². The zero-order chi connectivity index (χ0) is 21.1. The third kappa shape index (κ3) is 4.48. The van der Waals surface area contributed by atoms with Crippen molar-refractivity contribution in [1.29, 1.82) is 0 Å². The first-order valence-corrected chi connectivity index (χ1v) is 10.5. The first kappa shape index (κ1) is 20.4. The number of fused-ring (bicyclic) bond motifs is 1. The molecule has 4 aromatic rings. The Balaban J connectivity index is 1.56. The molecule has 0 unspecified atom stereocenters. The molecule has 2 heterocycles. The van der Waals surface area contributed by atoms with Crippen LogP contribution in [-0.2, 0) is 11.2 Å². The number of carbonyl (C=O) groups is 2. The molecule has 0 saturated carbocycles. The molecule has 30 heavy (non-hydrogen) atoms. The van der Waals surface area contributed by atoms with Gasteiger partial charge in [0, 0.05) is 6.42 Å². The second-order valence-corrected chi connectivity index (χ2v) is 8.23. The summed E-state index contributed by atoms with van der Waals surface area (Å²) in [6.07, 6.45) is 1.70. The predicted octanol–water partition coefficient (Wildman–Crippen LogP) is 5.18. The first-order chi connectivity index (χ1) is 14.5. The minimum Gasteiger partial charge on any atom is -0.459 e. The number of hydrogen-bond donors (Lipinski definition) is 2. The number of thiazole rings is 1. The van der Waals surface area contributed by atoms with Crippen LogP contribution in [0.5, 0.6) is 0 Å². The van der Waals surface area contributed by atoms with Gasteiger partial charge in [0.15, 0.2) is 10.9 Å². The summed E-state index contributed by atoms with van der Waals surface area (Å²) in [7, 11) is 0. The summed E-state index contributed by atoms with van der Waals surface area (Å²) in [5.41, 5.74) is 1.42. The summed E-state index contributed by atoms with van der Waals surface area (Å²) < 4.78 is 5.92. The predicted molar refractivity (Wildman–Crippen MR) is 118 cm³/mol. The van der Waals surface area contributed by atoms with E-state index in [0.29, 0.717) is 27.1 Å². The summed E-state index contributed by atoms with van der Waals surface area (Å²) in [5.74, 6) is -0.752. The summed E-state index contributed by atoms with van der Waals surface area (Å²) in [5, 5.41) is 6.58. The SMILES string of the molecule is O=C(N[C@@H](Cc1ccccc1)C(=O)Nc1nc2c(Cl)c(Cl)ccc2s1)c1ccco1. The molecule has 2 N–H and O–H groups in total. The molecule has 2 aromatic heterocycles. The van der Waals surface area contributed by atoms with E-state index in [4.69, 9.17) is 27.6 Å². The van der Waals surface area contributed by atoms with Crippen LogP contribution in [0, 0.1) is 0 Å². The number of aromatic nitrogens is 1. The second kappa shape index (κ2) is 8.87. The average Bonchev–Trinajstić information content (AvgIpc) is 3.41. The van der Waals surface area contributed by atoms with Crippen LogP contribution in [0.4, 0.5) is 5.13 Å². The van der Waals surface area contributed by atoms with E-state index in [9.17, 15) is 9.59 Å². The van der Waals surface area contributed by atoms with Crippen molar-refractivity contribution in [3.63, 3.8) is 0 Å². The molecule has 6 nitrogen and oxygen atoms in total. The van der Waals surface area contributed by atoms with E-state index in [1.165, 1.54) is 23.7 Å². The Bertz CT molecular complexity index is 1190. The van der Waals surface area contributed by atoms with Gasteiger partial charge >= 0.3 is 0 Å². The fourth-order valence-corrected chi connectivity index (χ4v) is 4.17. The van der Waals surface area contributed by atoms with Crippen LogP contribution in [0.25, 0.3) is 10.2 Å². The third-order valence-electron chi connectivity index (χ3n) is 4.33. The number of halogens is 2. The van der Waals surface area contributed by atoms with Gasteiger partial charge in [-0.1, -0.05) is 64.9 Å². The van der Waals surface area contributed by atoms with Crippen LogP contribution < -0.4 is 10.6 Å². The lowest BCUT2D eigenvalue weighted by atomic mass is 10.1. The summed E-state index contributed by atoms with van der Waals surface area (Å²) in [6.45, 7) is 0. The standard InChI is InChI=1S/C21H15Cl2N3O3S/c22-13-8-9-16-18(17(13)23)25-21(30-16)26-19(27)14(11-12-5-2-1-3-6-12)24-20(28)15-7-4-10-29-15/h1-10,14H,11H2,(H,24,28)(H,25,26,27)/t14-/m0/s1. The number of amides is 2. The van der Waals surface area contributed by atoms with Crippen molar-refractivity contribution >= 4 is 61.7 Å². The van der Waals surface area contributed by atoms with Gasteiger partial charge in [0.05, 0.1) is 21.0 Å². The zero-order valence-corrected chi connectivity index (χ0v) is 17.7. The van der Waals surface area contributed by atoms with E-state index in [0.717, 1.165) is 10.3 Å². The lowest BCUT2D eigenvalue weighted by molar-refractivity contribution is -0.118.